The summed E-state index contributed by atoms with van der Waals surface area (Å²) < 4.78 is 43.9. The van der Waals surface area contributed by atoms with Crippen LogP contribution in [-0.2, 0) is 9.47 Å². The summed E-state index contributed by atoms with van der Waals surface area (Å²) in [6, 6.07) is 0. The highest BCUT2D eigenvalue weighted by Crippen LogP contribution is 2.14. The molecule has 7 heteroatoms. The number of nitrogens with zero attached hydrogens (tertiary/aromatic N) is 1. The van der Waals surface area contributed by atoms with Crippen molar-refractivity contribution in [1.29, 1.82) is 0 Å². The van der Waals surface area contributed by atoms with E-state index in [1.165, 1.54) is 7.05 Å². The fraction of sp³-hybridized carbons (Fsp3) is 0.875. The number of halogens is 3. The van der Waals surface area contributed by atoms with Crippen molar-refractivity contribution in [2.24, 2.45) is 0 Å². The van der Waals surface area contributed by atoms with Crippen molar-refractivity contribution in [3.05, 3.63) is 0 Å². The molecule has 0 spiro atoms. The lowest BCUT2D eigenvalue weighted by atomic mass is 10.6. The number of hydrogen-bond acceptors (Lipinski definition) is 3. The molecule has 0 N–H and O–H groups in total. The molecule has 15 heavy (non-hydrogen) atoms. The number of amides is 1. The average Bonchev–Trinajstić information content (AvgIpc) is 2.13. The van der Waals surface area contributed by atoms with Gasteiger partial charge in [-0.3, -0.25) is 0 Å². The smallest absolute Gasteiger partial charge is 0.422 e. The Hall–Kier alpha value is -0.980. The summed E-state index contributed by atoms with van der Waals surface area (Å²) in [5.41, 5.74) is 0. The zero-order valence-corrected chi connectivity index (χ0v) is 8.63. The highest BCUT2D eigenvalue weighted by molar-refractivity contribution is 5.67. The van der Waals surface area contributed by atoms with Gasteiger partial charge in [-0.25, -0.2) is 4.79 Å². The molecule has 0 radical (unpaired) electrons. The highest BCUT2D eigenvalue weighted by Gasteiger charge is 2.30. The molecule has 90 valence electrons. The molecule has 0 fully saturated rings. The monoisotopic (exact) mass is 229 g/mol. The summed E-state index contributed by atoms with van der Waals surface area (Å²) in [5, 5.41) is 0. The largest absolute Gasteiger partial charge is 0.440 e. The number of hydrogen-bond donors (Lipinski definition) is 0. The molecule has 0 unspecified atom stereocenters. The molecule has 1 amide bonds. The van der Waals surface area contributed by atoms with Crippen molar-refractivity contribution in [3.63, 3.8) is 0 Å². The summed E-state index contributed by atoms with van der Waals surface area (Å²) in [7, 11) is 1.34. The van der Waals surface area contributed by atoms with E-state index in [2.05, 4.69) is 4.74 Å². The molecule has 0 saturated heterocycles. The van der Waals surface area contributed by atoms with Crippen molar-refractivity contribution in [1.82, 2.24) is 4.90 Å². The fourth-order valence-corrected chi connectivity index (χ4v) is 0.691. The van der Waals surface area contributed by atoms with Crippen LogP contribution >= 0.6 is 0 Å². The molecule has 0 rings (SSSR count). The number of likely N-dealkylation sites (N-methyl/N-ethyl adjacent to an activating group) is 1. The number of carbonyl (C=O) groups excluding carboxylic acids is 1. The Bertz CT molecular complexity index is 196. The second-order valence-electron chi connectivity index (χ2n) is 2.79. The SMILES string of the molecule is CCOCCN(C)C(=O)OCC(F)(F)F. The zero-order valence-electron chi connectivity index (χ0n) is 8.63. The predicted molar refractivity (Wildman–Crippen MR) is 46.5 cm³/mol. The Morgan fingerprint density at radius 2 is 2.00 bits per heavy atom. The highest BCUT2D eigenvalue weighted by atomic mass is 19.4. The summed E-state index contributed by atoms with van der Waals surface area (Å²) in [6.07, 6.45) is -5.50. The Morgan fingerprint density at radius 3 is 2.47 bits per heavy atom. The van der Waals surface area contributed by atoms with Gasteiger partial charge in [-0.15, -0.1) is 0 Å². The van der Waals surface area contributed by atoms with Gasteiger partial charge < -0.3 is 14.4 Å². The molecule has 0 bridgehead atoms. The summed E-state index contributed by atoms with van der Waals surface area (Å²) in [5.74, 6) is 0. The van der Waals surface area contributed by atoms with Gasteiger partial charge in [0.25, 0.3) is 0 Å². The van der Waals surface area contributed by atoms with Crippen LogP contribution in [0.15, 0.2) is 0 Å². The van der Waals surface area contributed by atoms with Gasteiger partial charge in [-0.2, -0.15) is 13.2 Å². The summed E-state index contributed by atoms with van der Waals surface area (Å²) >= 11 is 0. The second-order valence-corrected chi connectivity index (χ2v) is 2.79. The zero-order chi connectivity index (χ0) is 11.9. The third-order valence-corrected chi connectivity index (χ3v) is 1.45. The number of ether oxygens (including phenoxy) is 2. The average molecular weight is 229 g/mol. The first-order chi connectivity index (χ1) is 6.87. The lowest BCUT2D eigenvalue weighted by Gasteiger charge is -2.17. The van der Waals surface area contributed by atoms with E-state index in [-0.39, 0.29) is 13.2 Å². The number of carbonyl (C=O) groups is 1. The van der Waals surface area contributed by atoms with E-state index in [1.54, 1.807) is 6.92 Å². The van der Waals surface area contributed by atoms with Crippen LogP contribution in [0.3, 0.4) is 0 Å². The van der Waals surface area contributed by atoms with Gasteiger partial charge in [0.15, 0.2) is 6.61 Å². The Labute approximate surface area is 85.9 Å². The fourth-order valence-electron chi connectivity index (χ4n) is 0.691. The van der Waals surface area contributed by atoms with Crippen molar-refractivity contribution in [3.8, 4) is 0 Å². The minimum atomic E-state index is -4.49. The lowest BCUT2D eigenvalue weighted by Crippen LogP contribution is -2.33. The third-order valence-electron chi connectivity index (χ3n) is 1.45. The van der Waals surface area contributed by atoms with Gasteiger partial charge in [-0.05, 0) is 6.92 Å². The Kier molecular flexibility index (Phi) is 6.07. The topological polar surface area (TPSA) is 38.8 Å². The molecule has 0 aliphatic carbocycles. The first-order valence-electron chi connectivity index (χ1n) is 4.39. The normalized spacial score (nSPS) is 11.3. The Morgan fingerprint density at radius 1 is 1.40 bits per heavy atom. The van der Waals surface area contributed by atoms with E-state index in [0.717, 1.165) is 4.90 Å². The van der Waals surface area contributed by atoms with E-state index < -0.39 is 18.9 Å². The van der Waals surface area contributed by atoms with Crippen LogP contribution in [0.1, 0.15) is 6.92 Å². The summed E-state index contributed by atoms with van der Waals surface area (Å²) in [6.45, 7) is 1.18. The van der Waals surface area contributed by atoms with Crippen LogP contribution in [0.2, 0.25) is 0 Å². The van der Waals surface area contributed by atoms with Crippen LogP contribution < -0.4 is 0 Å². The molecule has 0 aromatic carbocycles. The van der Waals surface area contributed by atoms with E-state index >= 15 is 0 Å². The Balaban J connectivity index is 3.70. The van der Waals surface area contributed by atoms with Gasteiger partial charge in [0, 0.05) is 20.2 Å². The van der Waals surface area contributed by atoms with Crippen molar-refractivity contribution in [2.75, 3.05) is 33.4 Å². The van der Waals surface area contributed by atoms with E-state index in [9.17, 15) is 18.0 Å². The minimum absolute atomic E-state index is 0.199. The molecule has 0 heterocycles. The minimum Gasteiger partial charge on any atom is -0.440 e. The van der Waals surface area contributed by atoms with Crippen LogP contribution in [0.4, 0.5) is 18.0 Å². The first-order valence-corrected chi connectivity index (χ1v) is 4.39. The molecular formula is C8H14F3NO3. The maximum Gasteiger partial charge on any atom is 0.422 e. The molecule has 0 atom stereocenters. The second kappa shape index (κ2) is 6.49. The quantitative estimate of drug-likeness (QED) is 0.673. The van der Waals surface area contributed by atoms with Crippen LogP contribution in [0, 0.1) is 0 Å². The van der Waals surface area contributed by atoms with Crippen LogP contribution in [0.5, 0.6) is 0 Å². The van der Waals surface area contributed by atoms with E-state index in [4.69, 9.17) is 4.74 Å². The number of rotatable bonds is 5. The molecule has 0 saturated carbocycles. The third kappa shape index (κ3) is 8.04. The van der Waals surface area contributed by atoms with Crippen LogP contribution in [-0.4, -0.2) is 50.6 Å². The number of alkyl halides is 3. The van der Waals surface area contributed by atoms with Gasteiger partial charge >= 0.3 is 12.3 Å². The van der Waals surface area contributed by atoms with Crippen molar-refractivity contribution >= 4 is 6.09 Å². The maximum atomic E-state index is 11.7. The lowest BCUT2D eigenvalue weighted by molar-refractivity contribution is -0.162. The molecule has 0 aromatic heterocycles. The van der Waals surface area contributed by atoms with E-state index in [1.807, 2.05) is 0 Å². The molecule has 0 aromatic rings. The van der Waals surface area contributed by atoms with E-state index in [0.29, 0.717) is 6.61 Å². The van der Waals surface area contributed by atoms with Crippen molar-refractivity contribution < 1.29 is 27.4 Å². The standard InChI is InChI=1S/C8H14F3NO3/c1-3-14-5-4-12(2)7(13)15-6-8(9,10)11/h3-6H2,1-2H3. The molecule has 4 nitrogen and oxygen atoms in total. The molecule has 0 aliphatic rings. The van der Waals surface area contributed by atoms with Gasteiger partial charge in [-0.1, -0.05) is 0 Å². The van der Waals surface area contributed by atoms with Gasteiger partial charge in [0.05, 0.1) is 6.61 Å². The summed E-state index contributed by atoms with van der Waals surface area (Å²) in [4.78, 5) is 12.0. The molecule has 0 aliphatic heterocycles. The predicted octanol–water partition coefficient (Wildman–Crippen LogP) is 1.65. The van der Waals surface area contributed by atoms with Gasteiger partial charge in [0.2, 0.25) is 0 Å². The molecular weight excluding hydrogens is 215 g/mol. The van der Waals surface area contributed by atoms with Crippen molar-refractivity contribution in [2.45, 2.75) is 13.1 Å². The first kappa shape index (κ1) is 14.0. The maximum absolute atomic E-state index is 11.7. The van der Waals surface area contributed by atoms with Gasteiger partial charge in [0.1, 0.15) is 0 Å². The van der Waals surface area contributed by atoms with Crippen LogP contribution in [0.25, 0.3) is 0 Å².